The van der Waals surface area contributed by atoms with E-state index in [2.05, 4.69) is 0 Å². The predicted octanol–water partition coefficient (Wildman–Crippen LogP) is 1.97. The molecule has 0 amide bonds. The Balaban J connectivity index is 0.00000121. The molecule has 0 radical (unpaired) electrons. The van der Waals surface area contributed by atoms with Gasteiger partial charge in [0, 0.05) is 17.7 Å². The SMILES string of the molecule is C[C@H](N)c1ccc(O)cc1F.Cl. The van der Waals surface area contributed by atoms with Crippen molar-refractivity contribution < 1.29 is 9.50 Å². The van der Waals surface area contributed by atoms with E-state index in [4.69, 9.17) is 10.8 Å². The van der Waals surface area contributed by atoms with Gasteiger partial charge >= 0.3 is 0 Å². The van der Waals surface area contributed by atoms with Crippen molar-refractivity contribution in [3.05, 3.63) is 29.6 Å². The number of hydrogen-bond donors (Lipinski definition) is 2. The van der Waals surface area contributed by atoms with Gasteiger partial charge in [0.2, 0.25) is 0 Å². The lowest BCUT2D eigenvalue weighted by atomic mass is 10.1. The van der Waals surface area contributed by atoms with Gasteiger partial charge in [-0.25, -0.2) is 4.39 Å². The van der Waals surface area contributed by atoms with Crippen molar-refractivity contribution in [1.82, 2.24) is 0 Å². The molecule has 1 aromatic carbocycles. The zero-order valence-electron chi connectivity index (χ0n) is 6.62. The third kappa shape index (κ3) is 2.36. The summed E-state index contributed by atoms with van der Waals surface area (Å²) in [6.07, 6.45) is 0. The van der Waals surface area contributed by atoms with E-state index in [0.29, 0.717) is 5.56 Å². The van der Waals surface area contributed by atoms with Crippen molar-refractivity contribution in [2.45, 2.75) is 13.0 Å². The van der Waals surface area contributed by atoms with Gasteiger partial charge in [0.1, 0.15) is 11.6 Å². The molecule has 0 aliphatic heterocycles. The Bertz CT molecular complexity index is 265. The number of phenols is 1. The van der Waals surface area contributed by atoms with Crippen LogP contribution in [0.2, 0.25) is 0 Å². The van der Waals surface area contributed by atoms with E-state index < -0.39 is 5.82 Å². The maximum Gasteiger partial charge on any atom is 0.131 e. The number of nitrogens with two attached hydrogens (primary N) is 1. The third-order valence-electron chi connectivity index (χ3n) is 1.47. The summed E-state index contributed by atoms with van der Waals surface area (Å²) in [4.78, 5) is 0. The fourth-order valence-corrected chi connectivity index (χ4v) is 0.885. The Hall–Kier alpha value is -0.800. The van der Waals surface area contributed by atoms with Crippen LogP contribution >= 0.6 is 12.4 Å². The van der Waals surface area contributed by atoms with Crippen LogP contribution in [0.5, 0.6) is 5.75 Å². The molecule has 0 aromatic heterocycles. The van der Waals surface area contributed by atoms with Crippen LogP contribution in [0.25, 0.3) is 0 Å². The molecule has 12 heavy (non-hydrogen) atoms. The molecular formula is C8H11ClFNO. The van der Waals surface area contributed by atoms with Crippen LogP contribution < -0.4 is 5.73 Å². The Morgan fingerprint density at radius 2 is 2.08 bits per heavy atom. The van der Waals surface area contributed by atoms with E-state index >= 15 is 0 Å². The van der Waals surface area contributed by atoms with Crippen LogP contribution in [-0.4, -0.2) is 5.11 Å². The highest BCUT2D eigenvalue weighted by atomic mass is 35.5. The lowest BCUT2D eigenvalue weighted by molar-refractivity contribution is 0.467. The van der Waals surface area contributed by atoms with Gasteiger partial charge in [0.25, 0.3) is 0 Å². The van der Waals surface area contributed by atoms with Gasteiger partial charge in [0.05, 0.1) is 0 Å². The fraction of sp³-hybridized carbons (Fsp3) is 0.250. The van der Waals surface area contributed by atoms with Gasteiger partial charge in [0.15, 0.2) is 0 Å². The highest BCUT2D eigenvalue weighted by Gasteiger charge is 2.06. The molecule has 0 saturated heterocycles. The van der Waals surface area contributed by atoms with E-state index in [9.17, 15) is 4.39 Å². The molecule has 0 fully saturated rings. The van der Waals surface area contributed by atoms with Gasteiger partial charge in [-0.2, -0.15) is 0 Å². The molecule has 0 bridgehead atoms. The van der Waals surface area contributed by atoms with Gasteiger partial charge < -0.3 is 10.8 Å². The molecule has 4 heteroatoms. The first kappa shape index (κ1) is 11.2. The second-order valence-corrected chi connectivity index (χ2v) is 2.49. The van der Waals surface area contributed by atoms with E-state index in [1.807, 2.05) is 0 Å². The summed E-state index contributed by atoms with van der Waals surface area (Å²) in [6.45, 7) is 1.69. The summed E-state index contributed by atoms with van der Waals surface area (Å²) in [5, 5.41) is 8.84. The molecule has 2 nitrogen and oxygen atoms in total. The Morgan fingerprint density at radius 3 is 2.50 bits per heavy atom. The number of rotatable bonds is 1. The van der Waals surface area contributed by atoms with Crippen molar-refractivity contribution in [1.29, 1.82) is 0 Å². The van der Waals surface area contributed by atoms with E-state index in [-0.39, 0.29) is 24.2 Å². The van der Waals surface area contributed by atoms with E-state index in [1.165, 1.54) is 12.1 Å². The molecule has 1 rings (SSSR count). The quantitative estimate of drug-likeness (QED) is 0.713. The van der Waals surface area contributed by atoms with Crippen LogP contribution in [0, 0.1) is 5.82 Å². The number of halogens is 2. The van der Waals surface area contributed by atoms with Crippen LogP contribution in [0.3, 0.4) is 0 Å². The summed E-state index contributed by atoms with van der Waals surface area (Å²) >= 11 is 0. The zero-order chi connectivity index (χ0) is 8.43. The van der Waals surface area contributed by atoms with Gasteiger partial charge in [-0.3, -0.25) is 0 Å². The average Bonchev–Trinajstić information content (AvgIpc) is 1.85. The first-order valence-corrected chi connectivity index (χ1v) is 3.35. The van der Waals surface area contributed by atoms with Crippen LogP contribution in [0.15, 0.2) is 18.2 Å². The van der Waals surface area contributed by atoms with Crippen molar-refractivity contribution in [2.75, 3.05) is 0 Å². The first-order valence-electron chi connectivity index (χ1n) is 3.35. The molecule has 3 N–H and O–H groups in total. The summed E-state index contributed by atoms with van der Waals surface area (Å²) in [6, 6.07) is 3.62. The van der Waals surface area contributed by atoms with Crippen LogP contribution in [0.1, 0.15) is 18.5 Å². The minimum Gasteiger partial charge on any atom is -0.508 e. The Morgan fingerprint density at radius 1 is 1.50 bits per heavy atom. The second-order valence-electron chi connectivity index (χ2n) is 2.49. The number of hydrogen-bond acceptors (Lipinski definition) is 2. The largest absolute Gasteiger partial charge is 0.508 e. The second kappa shape index (κ2) is 4.28. The predicted molar refractivity (Wildman–Crippen MR) is 47.9 cm³/mol. The lowest BCUT2D eigenvalue weighted by Gasteiger charge is -2.06. The highest BCUT2D eigenvalue weighted by molar-refractivity contribution is 5.85. The Kier molecular flexibility index (Phi) is 4.00. The first-order chi connectivity index (χ1) is 5.11. The van der Waals surface area contributed by atoms with Gasteiger partial charge in [-0.05, 0) is 13.0 Å². The normalized spacial score (nSPS) is 11.9. The summed E-state index contributed by atoms with van der Waals surface area (Å²) in [5.74, 6) is -0.535. The topological polar surface area (TPSA) is 46.2 Å². The van der Waals surface area contributed by atoms with E-state index in [1.54, 1.807) is 6.92 Å². The standard InChI is InChI=1S/C8H10FNO.ClH/c1-5(10)7-3-2-6(11)4-8(7)9;/h2-5,11H,10H2,1H3;1H/t5-;/m0./s1. The zero-order valence-corrected chi connectivity index (χ0v) is 7.44. The third-order valence-corrected chi connectivity index (χ3v) is 1.47. The summed E-state index contributed by atoms with van der Waals surface area (Å²) in [5.41, 5.74) is 5.86. The van der Waals surface area contributed by atoms with Gasteiger partial charge in [-0.1, -0.05) is 6.07 Å². The van der Waals surface area contributed by atoms with Crippen molar-refractivity contribution in [2.24, 2.45) is 5.73 Å². The fourth-order valence-electron chi connectivity index (χ4n) is 0.885. The van der Waals surface area contributed by atoms with Crippen molar-refractivity contribution >= 4 is 12.4 Å². The lowest BCUT2D eigenvalue weighted by Crippen LogP contribution is -2.06. The Labute approximate surface area is 76.6 Å². The van der Waals surface area contributed by atoms with E-state index in [0.717, 1.165) is 6.07 Å². The minimum absolute atomic E-state index is 0. The summed E-state index contributed by atoms with van der Waals surface area (Å²) in [7, 11) is 0. The average molecular weight is 192 g/mol. The molecule has 68 valence electrons. The molecule has 0 aliphatic carbocycles. The maximum absolute atomic E-state index is 12.9. The number of aromatic hydroxyl groups is 1. The molecule has 0 saturated carbocycles. The van der Waals surface area contributed by atoms with Crippen molar-refractivity contribution in [3.8, 4) is 5.75 Å². The molecule has 0 spiro atoms. The molecular weight excluding hydrogens is 181 g/mol. The van der Waals surface area contributed by atoms with Crippen LogP contribution in [0.4, 0.5) is 4.39 Å². The number of phenolic OH excluding ortho intramolecular Hbond substituents is 1. The molecule has 0 heterocycles. The molecule has 1 aromatic rings. The molecule has 1 atom stereocenters. The van der Waals surface area contributed by atoms with Gasteiger partial charge in [-0.15, -0.1) is 12.4 Å². The molecule has 0 aliphatic rings. The minimum atomic E-state index is -0.458. The molecule has 0 unspecified atom stereocenters. The maximum atomic E-state index is 12.9. The van der Waals surface area contributed by atoms with Crippen LogP contribution in [-0.2, 0) is 0 Å². The highest BCUT2D eigenvalue weighted by Crippen LogP contribution is 2.18. The smallest absolute Gasteiger partial charge is 0.131 e. The monoisotopic (exact) mass is 191 g/mol. The van der Waals surface area contributed by atoms with Crippen molar-refractivity contribution in [3.63, 3.8) is 0 Å². The summed E-state index contributed by atoms with van der Waals surface area (Å²) < 4.78 is 12.9. The number of benzene rings is 1.